The van der Waals surface area contributed by atoms with Gasteiger partial charge in [-0.15, -0.1) is 0 Å². The Morgan fingerprint density at radius 1 is 1.44 bits per heavy atom. The average molecular weight is 247 g/mol. The normalized spacial score (nSPS) is 10.1. The molecule has 6 heteroatoms. The minimum absolute atomic E-state index is 0.131. The highest BCUT2D eigenvalue weighted by molar-refractivity contribution is 6.02. The quantitative estimate of drug-likeness (QED) is 0.852. The van der Waals surface area contributed by atoms with Crippen molar-refractivity contribution >= 4 is 11.6 Å². The number of nitrogens with two attached hydrogens (primary N) is 1. The van der Waals surface area contributed by atoms with E-state index in [4.69, 9.17) is 14.9 Å². The molecule has 0 aliphatic rings. The Labute approximate surface area is 104 Å². The lowest BCUT2D eigenvalue weighted by atomic mass is 10.3. The molecule has 0 saturated heterocycles. The maximum Gasteiger partial charge on any atom is 0.293 e. The standard InChI is InChI=1S/C12H13N3O3/c1-17-9-4-2-8(3-5-9)15-12(16)10-7-14-11(6-13)18-10/h2-5,7H,6,13H2,1H3,(H,15,16). The van der Waals surface area contributed by atoms with Crippen LogP contribution in [0.15, 0.2) is 34.9 Å². The fourth-order valence-electron chi connectivity index (χ4n) is 1.38. The highest BCUT2D eigenvalue weighted by Gasteiger charge is 2.11. The summed E-state index contributed by atoms with van der Waals surface area (Å²) < 4.78 is 10.2. The van der Waals surface area contributed by atoms with Crippen molar-refractivity contribution < 1.29 is 13.9 Å². The molecule has 0 fully saturated rings. The van der Waals surface area contributed by atoms with Gasteiger partial charge in [0.25, 0.3) is 5.91 Å². The highest BCUT2D eigenvalue weighted by Crippen LogP contribution is 2.16. The predicted octanol–water partition coefficient (Wildman–Crippen LogP) is 1.39. The molecule has 2 rings (SSSR count). The molecule has 3 N–H and O–H groups in total. The molecule has 0 radical (unpaired) electrons. The zero-order valence-electron chi connectivity index (χ0n) is 9.84. The number of anilines is 1. The van der Waals surface area contributed by atoms with Gasteiger partial charge in [-0.2, -0.15) is 0 Å². The second kappa shape index (κ2) is 5.33. The fourth-order valence-corrected chi connectivity index (χ4v) is 1.38. The molecule has 94 valence electrons. The summed E-state index contributed by atoms with van der Waals surface area (Å²) in [6, 6.07) is 6.97. The highest BCUT2D eigenvalue weighted by atomic mass is 16.5. The van der Waals surface area contributed by atoms with Crippen LogP contribution in [0.2, 0.25) is 0 Å². The molecule has 1 aromatic heterocycles. The van der Waals surface area contributed by atoms with E-state index in [9.17, 15) is 4.79 Å². The first-order chi connectivity index (χ1) is 8.72. The molecule has 1 aromatic carbocycles. The number of benzene rings is 1. The van der Waals surface area contributed by atoms with Crippen LogP contribution in [0.25, 0.3) is 0 Å². The minimum atomic E-state index is -0.368. The Bertz CT molecular complexity index is 534. The van der Waals surface area contributed by atoms with E-state index < -0.39 is 0 Å². The van der Waals surface area contributed by atoms with Crippen LogP contribution >= 0.6 is 0 Å². The SMILES string of the molecule is COc1ccc(NC(=O)c2cnc(CN)o2)cc1. The van der Waals surface area contributed by atoms with E-state index in [-0.39, 0.29) is 18.2 Å². The number of oxazole rings is 1. The van der Waals surface area contributed by atoms with Gasteiger partial charge in [0.05, 0.1) is 19.9 Å². The summed E-state index contributed by atoms with van der Waals surface area (Å²) in [6.07, 6.45) is 1.35. The van der Waals surface area contributed by atoms with Crippen LogP contribution in [0.5, 0.6) is 5.75 Å². The number of rotatable bonds is 4. The number of methoxy groups -OCH3 is 1. The van der Waals surface area contributed by atoms with Crippen molar-refractivity contribution in [3.63, 3.8) is 0 Å². The molecule has 0 aliphatic carbocycles. The number of hydrogen-bond donors (Lipinski definition) is 2. The predicted molar refractivity (Wildman–Crippen MR) is 65.3 cm³/mol. The Kier molecular flexibility index (Phi) is 3.59. The van der Waals surface area contributed by atoms with E-state index in [1.165, 1.54) is 6.20 Å². The molecule has 0 bridgehead atoms. The third-order valence-electron chi connectivity index (χ3n) is 2.30. The Morgan fingerprint density at radius 2 is 2.17 bits per heavy atom. The van der Waals surface area contributed by atoms with Crippen molar-refractivity contribution in [2.24, 2.45) is 5.73 Å². The Morgan fingerprint density at radius 3 is 2.72 bits per heavy atom. The third kappa shape index (κ3) is 2.67. The van der Waals surface area contributed by atoms with E-state index in [1.807, 2.05) is 0 Å². The smallest absolute Gasteiger partial charge is 0.293 e. The van der Waals surface area contributed by atoms with Gasteiger partial charge in [0.1, 0.15) is 5.75 Å². The molecule has 0 atom stereocenters. The van der Waals surface area contributed by atoms with Crippen molar-refractivity contribution in [2.75, 3.05) is 12.4 Å². The van der Waals surface area contributed by atoms with E-state index in [2.05, 4.69) is 10.3 Å². The molecular formula is C12H13N3O3. The van der Waals surface area contributed by atoms with Crippen molar-refractivity contribution in [2.45, 2.75) is 6.54 Å². The molecule has 2 aromatic rings. The van der Waals surface area contributed by atoms with Gasteiger partial charge in [-0.3, -0.25) is 4.79 Å². The van der Waals surface area contributed by atoms with Crippen LogP contribution in [0.1, 0.15) is 16.4 Å². The van der Waals surface area contributed by atoms with Gasteiger partial charge in [-0.1, -0.05) is 0 Å². The van der Waals surface area contributed by atoms with E-state index in [0.717, 1.165) is 5.75 Å². The summed E-state index contributed by atoms with van der Waals surface area (Å²) in [5, 5.41) is 2.68. The number of carbonyl (C=O) groups is 1. The zero-order valence-corrected chi connectivity index (χ0v) is 9.84. The minimum Gasteiger partial charge on any atom is -0.497 e. The molecule has 0 spiro atoms. The molecule has 0 saturated carbocycles. The molecule has 1 heterocycles. The maximum absolute atomic E-state index is 11.8. The number of aromatic nitrogens is 1. The Hall–Kier alpha value is -2.34. The van der Waals surface area contributed by atoms with Crippen LogP contribution < -0.4 is 15.8 Å². The van der Waals surface area contributed by atoms with Crippen LogP contribution in [0.3, 0.4) is 0 Å². The molecule has 6 nitrogen and oxygen atoms in total. The molecule has 1 amide bonds. The number of nitrogens with one attached hydrogen (secondary N) is 1. The second-order valence-corrected chi connectivity index (χ2v) is 3.51. The largest absolute Gasteiger partial charge is 0.497 e. The van der Waals surface area contributed by atoms with Crippen LogP contribution in [0, 0.1) is 0 Å². The topological polar surface area (TPSA) is 90.4 Å². The monoisotopic (exact) mass is 247 g/mol. The summed E-state index contributed by atoms with van der Waals surface area (Å²) >= 11 is 0. The first-order valence-corrected chi connectivity index (χ1v) is 5.33. The average Bonchev–Trinajstić information content (AvgIpc) is 2.88. The van der Waals surface area contributed by atoms with Gasteiger partial charge in [0.15, 0.2) is 0 Å². The number of hydrogen-bond acceptors (Lipinski definition) is 5. The van der Waals surface area contributed by atoms with E-state index in [0.29, 0.717) is 11.6 Å². The van der Waals surface area contributed by atoms with Crippen molar-refractivity contribution in [1.29, 1.82) is 0 Å². The summed E-state index contributed by atoms with van der Waals surface area (Å²) in [6.45, 7) is 0.163. The van der Waals surface area contributed by atoms with Crippen LogP contribution in [-0.2, 0) is 6.54 Å². The van der Waals surface area contributed by atoms with E-state index >= 15 is 0 Å². The van der Waals surface area contributed by atoms with Gasteiger partial charge < -0.3 is 20.2 Å². The molecular weight excluding hydrogens is 234 g/mol. The Balaban J connectivity index is 2.06. The first-order valence-electron chi connectivity index (χ1n) is 5.33. The van der Waals surface area contributed by atoms with Gasteiger partial charge in [0.2, 0.25) is 11.7 Å². The first kappa shape index (κ1) is 12.1. The van der Waals surface area contributed by atoms with Crippen molar-refractivity contribution in [3.8, 4) is 5.75 Å². The second-order valence-electron chi connectivity index (χ2n) is 3.51. The fraction of sp³-hybridized carbons (Fsp3) is 0.167. The van der Waals surface area contributed by atoms with Crippen LogP contribution in [-0.4, -0.2) is 18.0 Å². The lowest BCUT2D eigenvalue weighted by Crippen LogP contribution is -2.10. The maximum atomic E-state index is 11.8. The number of amides is 1. The van der Waals surface area contributed by atoms with Crippen molar-refractivity contribution in [1.82, 2.24) is 4.98 Å². The summed E-state index contributed by atoms with van der Waals surface area (Å²) in [7, 11) is 1.58. The third-order valence-corrected chi connectivity index (χ3v) is 2.30. The molecule has 0 aliphatic heterocycles. The van der Waals surface area contributed by atoms with E-state index in [1.54, 1.807) is 31.4 Å². The lowest BCUT2D eigenvalue weighted by molar-refractivity contribution is 0.0995. The summed E-state index contributed by atoms with van der Waals surface area (Å²) in [4.78, 5) is 15.6. The van der Waals surface area contributed by atoms with Crippen LogP contribution in [0.4, 0.5) is 5.69 Å². The number of carbonyl (C=O) groups excluding carboxylic acids is 1. The van der Waals surface area contributed by atoms with Gasteiger partial charge in [-0.25, -0.2) is 4.98 Å². The zero-order chi connectivity index (χ0) is 13.0. The van der Waals surface area contributed by atoms with Gasteiger partial charge in [-0.05, 0) is 24.3 Å². The van der Waals surface area contributed by atoms with Gasteiger partial charge >= 0.3 is 0 Å². The number of ether oxygens (including phenoxy) is 1. The van der Waals surface area contributed by atoms with Crippen molar-refractivity contribution in [3.05, 3.63) is 42.1 Å². The lowest BCUT2D eigenvalue weighted by Gasteiger charge is -2.04. The van der Waals surface area contributed by atoms with Gasteiger partial charge in [0, 0.05) is 5.69 Å². The summed E-state index contributed by atoms with van der Waals surface area (Å²) in [5.74, 6) is 0.812. The molecule has 0 unspecified atom stereocenters. The summed E-state index contributed by atoms with van der Waals surface area (Å²) in [5.41, 5.74) is 5.99. The number of nitrogens with zero attached hydrogens (tertiary/aromatic N) is 1. The molecule has 18 heavy (non-hydrogen) atoms.